The Hall–Kier alpha value is -3.54. The molecule has 1 rings (SSSR count). The molecule has 0 spiro atoms. The first-order valence-corrected chi connectivity index (χ1v) is 7.59. The SMILES string of the molecule is COC(=O)C(Cc1cc(NC(C#N)=C(C#N)C#N)ccc1Cl)NC(C)=O. The van der Waals surface area contributed by atoms with E-state index in [-0.39, 0.29) is 17.7 Å². The minimum absolute atomic E-state index is 0.0512. The predicted molar refractivity (Wildman–Crippen MR) is 92.3 cm³/mol. The van der Waals surface area contributed by atoms with E-state index in [4.69, 9.17) is 27.4 Å². The Morgan fingerprint density at radius 1 is 1.23 bits per heavy atom. The van der Waals surface area contributed by atoms with Gasteiger partial charge in [-0.2, -0.15) is 15.8 Å². The van der Waals surface area contributed by atoms with Crippen LogP contribution >= 0.6 is 11.6 Å². The maximum Gasteiger partial charge on any atom is 0.328 e. The molecule has 1 aromatic rings. The molecule has 0 aliphatic heterocycles. The van der Waals surface area contributed by atoms with Gasteiger partial charge in [-0.1, -0.05) is 11.6 Å². The monoisotopic (exact) mass is 371 g/mol. The van der Waals surface area contributed by atoms with Gasteiger partial charge in [0.05, 0.1) is 7.11 Å². The number of nitrogens with one attached hydrogen (secondary N) is 2. The van der Waals surface area contributed by atoms with Gasteiger partial charge in [0, 0.05) is 24.1 Å². The number of amides is 1. The number of anilines is 1. The summed E-state index contributed by atoms with van der Waals surface area (Å²) < 4.78 is 4.66. The lowest BCUT2D eigenvalue weighted by Crippen LogP contribution is -2.42. The van der Waals surface area contributed by atoms with Gasteiger partial charge in [0.25, 0.3) is 0 Å². The second-order valence-corrected chi connectivity index (χ2v) is 5.40. The van der Waals surface area contributed by atoms with Crippen LogP contribution in [0, 0.1) is 34.0 Å². The van der Waals surface area contributed by atoms with E-state index in [1.165, 1.54) is 20.1 Å². The van der Waals surface area contributed by atoms with Gasteiger partial charge >= 0.3 is 5.97 Å². The van der Waals surface area contributed by atoms with Crippen molar-refractivity contribution >= 4 is 29.2 Å². The maximum absolute atomic E-state index is 11.8. The molecule has 0 radical (unpaired) electrons. The number of carbonyl (C=O) groups is 2. The van der Waals surface area contributed by atoms with Crippen LogP contribution in [0.1, 0.15) is 12.5 Å². The van der Waals surface area contributed by atoms with Gasteiger partial charge in [0.15, 0.2) is 5.57 Å². The number of rotatable bonds is 6. The zero-order chi connectivity index (χ0) is 19.7. The smallest absolute Gasteiger partial charge is 0.328 e. The molecule has 132 valence electrons. The molecule has 1 aromatic carbocycles. The lowest BCUT2D eigenvalue weighted by molar-refractivity contribution is -0.144. The van der Waals surface area contributed by atoms with Crippen LogP contribution in [0.5, 0.6) is 0 Å². The highest BCUT2D eigenvalue weighted by atomic mass is 35.5. The Morgan fingerprint density at radius 3 is 2.38 bits per heavy atom. The Balaban J connectivity index is 3.18. The van der Waals surface area contributed by atoms with Crippen LogP contribution in [0.15, 0.2) is 29.5 Å². The zero-order valence-electron chi connectivity index (χ0n) is 14.0. The standard InChI is InChI=1S/C17H14ClN5O3/c1-10(24)22-15(17(25)26-2)6-11-5-13(3-4-14(11)18)23-16(9-21)12(7-19)8-20/h3-5,15,23H,6H2,1-2H3,(H,22,24). The summed E-state index contributed by atoms with van der Waals surface area (Å²) in [5.41, 5.74) is 0.299. The number of hydrogen-bond donors (Lipinski definition) is 2. The fourth-order valence-electron chi connectivity index (χ4n) is 2.04. The van der Waals surface area contributed by atoms with E-state index in [0.717, 1.165) is 0 Å². The van der Waals surface area contributed by atoms with E-state index in [1.54, 1.807) is 30.3 Å². The third kappa shape index (κ3) is 5.52. The average molecular weight is 372 g/mol. The van der Waals surface area contributed by atoms with Crippen molar-refractivity contribution in [2.24, 2.45) is 0 Å². The molecule has 26 heavy (non-hydrogen) atoms. The molecule has 0 saturated heterocycles. The largest absolute Gasteiger partial charge is 0.467 e. The van der Waals surface area contributed by atoms with Crippen LogP contribution < -0.4 is 10.6 Å². The van der Waals surface area contributed by atoms with Gasteiger partial charge in [-0.05, 0) is 23.8 Å². The maximum atomic E-state index is 11.8. The molecule has 9 heteroatoms. The van der Waals surface area contributed by atoms with Crippen molar-refractivity contribution in [1.82, 2.24) is 5.32 Å². The van der Waals surface area contributed by atoms with E-state index in [2.05, 4.69) is 15.4 Å². The number of hydrogen-bond acceptors (Lipinski definition) is 7. The summed E-state index contributed by atoms with van der Waals surface area (Å²) >= 11 is 6.14. The molecule has 0 aliphatic rings. The molecule has 0 heterocycles. The van der Waals surface area contributed by atoms with Crippen molar-refractivity contribution < 1.29 is 14.3 Å². The first kappa shape index (κ1) is 20.5. The number of ether oxygens (including phenoxy) is 1. The van der Waals surface area contributed by atoms with Crippen LogP contribution in [0.4, 0.5) is 5.69 Å². The Labute approximate surface area is 155 Å². The van der Waals surface area contributed by atoms with Crippen molar-refractivity contribution in [2.45, 2.75) is 19.4 Å². The molecule has 8 nitrogen and oxygen atoms in total. The second-order valence-electron chi connectivity index (χ2n) is 5.00. The van der Waals surface area contributed by atoms with Gasteiger partial charge in [0.1, 0.15) is 29.9 Å². The highest BCUT2D eigenvalue weighted by molar-refractivity contribution is 6.31. The van der Waals surface area contributed by atoms with Gasteiger partial charge in [-0.25, -0.2) is 4.79 Å². The molecular formula is C17H14ClN5O3. The summed E-state index contributed by atoms with van der Waals surface area (Å²) in [6.07, 6.45) is 0.0512. The van der Waals surface area contributed by atoms with E-state index in [1.807, 2.05) is 0 Å². The van der Waals surface area contributed by atoms with Crippen molar-refractivity contribution in [3.05, 3.63) is 40.1 Å². The third-order valence-electron chi connectivity index (χ3n) is 3.19. The van der Waals surface area contributed by atoms with Gasteiger partial charge in [0.2, 0.25) is 5.91 Å². The number of halogens is 1. The number of allylic oxidation sites excluding steroid dienone is 2. The Bertz CT molecular complexity index is 858. The van der Waals surface area contributed by atoms with Crippen LogP contribution in [0.25, 0.3) is 0 Å². The fraction of sp³-hybridized carbons (Fsp3) is 0.235. The molecule has 0 aromatic heterocycles. The lowest BCUT2D eigenvalue weighted by atomic mass is 10.0. The molecule has 0 aliphatic carbocycles. The topological polar surface area (TPSA) is 139 Å². The number of nitriles is 3. The summed E-state index contributed by atoms with van der Waals surface area (Å²) in [5.74, 6) is -1.04. The van der Waals surface area contributed by atoms with Gasteiger partial charge < -0.3 is 15.4 Å². The number of carbonyl (C=O) groups excluding carboxylic acids is 2. The van der Waals surface area contributed by atoms with Crippen molar-refractivity contribution in [2.75, 3.05) is 12.4 Å². The zero-order valence-corrected chi connectivity index (χ0v) is 14.7. The van der Waals surface area contributed by atoms with Crippen molar-refractivity contribution in [3.8, 4) is 18.2 Å². The second kappa shape index (κ2) is 9.68. The van der Waals surface area contributed by atoms with Crippen LogP contribution in [0.2, 0.25) is 5.02 Å². The predicted octanol–water partition coefficient (Wildman–Crippen LogP) is 1.80. The van der Waals surface area contributed by atoms with E-state index >= 15 is 0 Å². The summed E-state index contributed by atoms with van der Waals surface area (Å²) in [6.45, 7) is 1.27. The van der Waals surface area contributed by atoms with Gasteiger partial charge in [-0.15, -0.1) is 0 Å². The summed E-state index contributed by atoms with van der Waals surface area (Å²) in [4.78, 5) is 23.1. The third-order valence-corrected chi connectivity index (χ3v) is 3.56. The van der Waals surface area contributed by atoms with Crippen molar-refractivity contribution in [3.63, 3.8) is 0 Å². The molecule has 1 amide bonds. The van der Waals surface area contributed by atoms with Crippen LogP contribution in [-0.2, 0) is 20.7 Å². The summed E-state index contributed by atoms with van der Waals surface area (Å²) in [7, 11) is 1.20. The van der Waals surface area contributed by atoms with Gasteiger partial charge in [-0.3, -0.25) is 4.79 Å². The molecule has 1 unspecified atom stereocenters. The number of esters is 1. The summed E-state index contributed by atoms with van der Waals surface area (Å²) in [6, 6.07) is 8.66. The number of methoxy groups -OCH3 is 1. The highest BCUT2D eigenvalue weighted by Crippen LogP contribution is 2.23. The molecule has 0 fully saturated rings. The quantitative estimate of drug-likeness (QED) is 0.574. The number of benzene rings is 1. The first-order chi connectivity index (χ1) is 12.4. The molecule has 1 atom stereocenters. The van der Waals surface area contributed by atoms with E-state index in [0.29, 0.717) is 16.3 Å². The lowest BCUT2D eigenvalue weighted by Gasteiger charge is -2.17. The highest BCUT2D eigenvalue weighted by Gasteiger charge is 2.22. The normalized spacial score (nSPS) is 10.3. The van der Waals surface area contributed by atoms with E-state index < -0.39 is 17.9 Å². The Morgan fingerprint density at radius 2 is 1.88 bits per heavy atom. The molecule has 0 bridgehead atoms. The fourth-order valence-corrected chi connectivity index (χ4v) is 2.23. The minimum atomic E-state index is -0.940. The van der Waals surface area contributed by atoms with E-state index in [9.17, 15) is 9.59 Å². The summed E-state index contributed by atoms with van der Waals surface area (Å²) in [5, 5.41) is 32.3. The minimum Gasteiger partial charge on any atom is -0.467 e. The van der Waals surface area contributed by atoms with Crippen molar-refractivity contribution in [1.29, 1.82) is 15.8 Å². The molecule has 2 N–H and O–H groups in total. The Kier molecular flexibility index (Phi) is 7.64. The number of nitrogens with zero attached hydrogens (tertiary/aromatic N) is 3. The average Bonchev–Trinajstić information content (AvgIpc) is 2.62. The molecule has 0 saturated carbocycles. The van der Waals surface area contributed by atoms with Crippen LogP contribution in [-0.4, -0.2) is 25.0 Å². The first-order valence-electron chi connectivity index (χ1n) is 7.21. The molecular weight excluding hydrogens is 358 g/mol. The van der Waals surface area contributed by atoms with Crippen LogP contribution in [0.3, 0.4) is 0 Å².